The Bertz CT molecular complexity index is 296. The molecule has 3 unspecified atom stereocenters. The smallest absolute Gasteiger partial charge is 0.139 e. The second-order valence-electron chi connectivity index (χ2n) is 7.00. The van der Waals surface area contributed by atoms with Crippen LogP contribution in [0.25, 0.3) is 0 Å². The molecule has 0 aliphatic heterocycles. The molecule has 0 aromatic carbocycles. The molecule has 18 heavy (non-hydrogen) atoms. The van der Waals surface area contributed by atoms with Crippen molar-refractivity contribution in [2.24, 2.45) is 23.2 Å². The Morgan fingerprint density at radius 3 is 2.72 bits per heavy atom. The maximum absolute atomic E-state index is 12.3. The zero-order chi connectivity index (χ0) is 13.2. The number of carbonyl (C=O) groups excluding carboxylic acids is 1. The van der Waals surface area contributed by atoms with Crippen molar-refractivity contribution in [3.05, 3.63) is 0 Å². The Balaban J connectivity index is 2.07. The van der Waals surface area contributed by atoms with E-state index in [1.807, 2.05) is 0 Å². The van der Waals surface area contributed by atoms with Crippen molar-refractivity contribution < 1.29 is 4.79 Å². The average molecular weight is 250 g/mol. The first-order valence-electron chi connectivity index (χ1n) is 8.14. The van der Waals surface area contributed by atoms with E-state index in [-0.39, 0.29) is 5.41 Å². The van der Waals surface area contributed by atoms with Crippen molar-refractivity contribution in [3.8, 4) is 0 Å². The molecule has 0 amide bonds. The summed E-state index contributed by atoms with van der Waals surface area (Å²) < 4.78 is 0. The minimum atomic E-state index is 0.00295. The molecule has 2 saturated carbocycles. The van der Waals surface area contributed by atoms with Crippen LogP contribution in [0.2, 0.25) is 0 Å². The molecule has 1 nitrogen and oxygen atoms in total. The summed E-state index contributed by atoms with van der Waals surface area (Å²) in [6.45, 7) is 6.71. The predicted molar refractivity (Wildman–Crippen MR) is 76.5 cm³/mol. The van der Waals surface area contributed by atoms with Crippen LogP contribution in [-0.4, -0.2) is 5.78 Å². The van der Waals surface area contributed by atoms with E-state index in [0.717, 1.165) is 30.6 Å². The maximum atomic E-state index is 12.3. The topological polar surface area (TPSA) is 17.1 Å². The Morgan fingerprint density at radius 1 is 1.28 bits per heavy atom. The van der Waals surface area contributed by atoms with Gasteiger partial charge in [-0.25, -0.2) is 0 Å². The highest BCUT2D eigenvalue weighted by molar-refractivity contribution is 5.85. The first kappa shape index (κ1) is 14.1. The summed E-state index contributed by atoms with van der Waals surface area (Å²) in [5, 5.41) is 0. The van der Waals surface area contributed by atoms with E-state index in [0.29, 0.717) is 5.78 Å². The second-order valence-corrected chi connectivity index (χ2v) is 7.00. The Kier molecular flexibility index (Phi) is 4.50. The van der Waals surface area contributed by atoms with Gasteiger partial charge in [0.05, 0.1) is 0 Å². The average Bonchev–Trinajstić information content (AvgIpc) is 2.38. The molecule has 2 fully saturated rings. The molecular weight excluding hydrogens is 220 g/mol. The summed E-state index contributed by atoms with van der Waals surface area (Å²) in [5.41, 5.74) is 0.00295. The van der Waals surface area contributed by atoms with Crippen LogP contribution in [-0.2, 0) is 4.79 Å². The summed E-state index contributed by atoms with van der Waals surface area (Å²) in [6, 6.07) is 0. The lowest BCUT2D eigenvalue weighted by Crippen LogP contribution is -2.43. The lowest BCUT2D eigenvalue weighted by molar-refractivity contribution is -0.137. The number of hydrogen-bond acceptors (Lipinski definition) is 1. The van der Waals surface area contributed by atoms with Gasteiger partial charge >= 0.3 is 0 Å². The summed E-state index contributed by atoms with van der Waals surface area (Å²) in [7, 11) is 0. The van der Waals surface area contributed by atoms with Crippen molar-refractivity contribution in [2.45, 2.75) is 78.6 Å². The van der Waals surface area contributed by atoms with Crippen LogP contribution in [0.4, 0.5) is 0 Å². The van der Waals surface area contributed by atoms with Gasteiger partial charge in [0.1, 0.15) is 5.78 Å². The quantitative estimate of drug-likeness (QED) is 0.687. The largest absolute Gasteiger partial charge is 0.299 e. The minimum Gasteiger partial charge on any atom is -0.299 e. The highest BCUT2D eigenvalue weighted by atomic mass is 16.1. The highest BCUT2D eigenvalue weighted by Gasteiger charge is 2.46. The number of hydrogen-bond donors (Lipinski definition) is 0. The van der Waals surface area contributed by atoms with Crippen molar-refractivity contribution in [2.75, 3.05) is 0 Å². The van der Waals surface area contributed by atoms with E-state index < -0.39 is 0 Å². The lowest BCUT2D eigenvalue weighted by Gasteiger charge is -2.47. The Morgan fingerprint density at radius 2 is 2.06 bits per heavy atom. The van der Waals surface area contributed by atoms with E-state index in [9.17, 15) is 4.79 Å². The molecular formula is C17H30O. The molecule has 0 spiro atoms. The number of fused-ring (bicyclic) bond motifs is 1. The number of rotatable bonds is 4. The van der Waals surface area contributed by atoms with Crippen molar-refractivity contribution in [1.82, 2.24) is 0 Å². The molecule has 1 heteroatoms. The van der Waals surface area contributed by atoms with Crippen molar-refractivity contribution in [1.29, 1.82) is 0 Å². The van der Waals surface area contributed by atoms with Crippen LogP contribution in [0.5, 0.6) is 0 Å². The van der Waals surface area contributed by atoms with Crippen LogP contribution >= 0.6 is 0 Å². The SMILES string of the molecule is CCCCC1CCCC2CC(=O)[C@](C)(CC)CC12. The fourth-order valence-electron chi connectivity index (χ4n) is 4.33. The van der Waals surface area contributed by atoms with E-state index >= 15 is 0 Å². The summed E-state index contributed by atoms with van der Waals surface area (Å²) in [6.07, 6.45) is 11.3. The van der Waals surface area contributed by atoms with Crippen LogP contribution in [0.3, 0.4) is 0 Å². The zero-order valence-electron chi connectivity index (χ0n) is 12.5. The Labute approximate surface area is 113 Å². The van der Waals surface area contributed by atoms with Gasteiger partial charge in [0, 0.05) is 11.8 Å². The third-order valence-corrected chi connectivity index (χ3v) is 5.88. The maximum Gasteiger partial charge on any atom is 0.139 e. The summed E-state index contributed by atoms with van der Waals surface area (Å²) in [4.78, 5) is 12.3. The van der Waals surface area contributed by atoms with Crippen molar-refractivity contribution in [3.63, 3.8) is 0 Å². The molecule has 0 aromatic heterocycles. The molecule has 2 aliphatic rings. The lowest BCUT2D eigenvalue weighted by atomic mass is 9.57. The normalized spacial score (nSPS) is 40.6. The first-order chi connectivity index (χ1) is 8.60. The molecule has 2 rings (SSSR count). The number of carbonyl (C=O) groups is 1. The summed E-state index contributed by atoms with van der Waals surface area (Å²) >= 11 is 0. The second kappa shape index (κ2) is 5.75. The standard InChI is InChI=1S/C17H30O/c1-4-6-8-13-9-7-10-14-11-16(18)17(3,5-2)12-15(13)14/h13-15H,4-12H2,1-3H3/t13?,14?,15?,17-/m1/s1. The fourth-order valence-corrected chi connectivity index (χ4v) is 4.33. The van der Waals surface area contributed by atoms with Gasteiger partial charge in [-0.2, -0.15) is 0 Å². The molecule has 104 valence electrons. The van der Waals surface area contributed by atoms with Gasteiger partial charge in [0.15, 0.2) is 0 Å². The van der Waals surface area contributed by atoms with E-state index in [1.54, 1.807) is 0 Å². The van der Waals surface area contributed by atoms with E-state index in [4.69, 9.17) is 0 Å². The van der Waals surface area contributed by atoms with Gasteiger partial charge in [0.25, 0.3) is 0 Å². The third-order valence-electron chi connectivity index (χ3n) is 5.88. The van der Waals surface area contributed by atoms with E-state index in [1.165, 1.54) is 44.9 Å². The van der Waals surface area contributed by atoms with Gasteiger partial charge in [-0.1, -0.05) is 52.9 Å². The van der Waals surface area contributed by atoms with Gasteiger partial charge in [-0.05, 0) is 37.0 Å². The molecule has 4 atom stereocenters. The predicted octanol–water partition coefficient (Wildman–Crippen LogP) is 4.99. The Hall–Kier alpha value is -0.330. The number of Topliss-reactive ketones (excluding diaryl/α,β-unsaturated/α-hetero) is 1. The van der Waals surface area contributed by atoms with E-state index in [2.05, 4.69) is 20.8 Å². The molecule has 0 bridgehead atoms. The van der Waals surface area contributed by atoms with Crippen LogP contribution < -0.4 is 0 Å². The van der Waals surface area contributed by atoms with Gasteiger partial charge in [-0.15, -0.1) is 0 Å². The summed E-state index contributed by atoms with van der Waals surface area (Å²) in [5.74, 6) is 3.06. The zero-order valence-corrected chi connectivity index (χ0v) is 12.5. The first-order valence-corrected chi connectivity index (χ1v) is 8.14. The van der Waals surface area contributed by atoms with Gasteiger partial charge in [-0.3, -0.25) is 4.79 Å². The third kappa shape index (κ3) is 2.65. The van der Waals surface area contributed by atoms with Crippen LogP contribution in [0.1, 0.15) is 78.6 Å². The molecule has 0 aromatic rings. The van der Waals surface area contributed by atoms with Gasteiger partial charge < -0.3 is 0 Å². The van der Waals surface area contributed by atoms with Crippen LogP contribution in [0.15, 0.2) is 0 Å². The van der Waals surface area contributed by atoms with Crippen molar-refractivity contribution >= 4 is 5.78 Å². The molecule has 2 aliphatic carbocycles. The number of unbranched alkanes of at least 4 members (excludes halogenated alkanes) is 1. The fraction of sp³-hybridized carbons (Fsp3) is 0.941. The highest BCUT2D eigenvalue weighted by Crippen LogP contribution is 2.50. The molecule has 0 radical (unpaired) electrons. The number of ketones is 1. The molecule has 0 heterocycles. The monoisotopic (exact) mass is 250 g/mol. The molecule has 0 saturated heterocycles. The molecule has 0 N–H and O–H groups in total. The minimum absolute atomic E-state index is 0.00295. The van der Waals surface area contributed by atoms with Crippen LogP contribution in [0, 0.1) is 23.2 Å². The van der Waals surface area contributed by atoms with Gasteiger partial charge in [0.2, 0.25) is 0 Å².